The molecule has 0 bridgehead atoms. The monoisotopic (exact) mass is 378 g/mol. The number of amides is 1. The standard InChI is InChI=1S/C17H22N4O2S2/c1-10-9-24-17(18-10)25-12-4-2-11(3-5-12)19-16(22)15-13-8-23-7-6-14(13)20-21-15/h9,11-12H,2-8H2,1H3,(H,19,22)(H,20,21). The van der Waals surface area contributed by atoms with Gasteiger partial charge in [-0.25, -0.2) is 4.98 Å². The van der Waals surface area contributed by atoms with E-state index in [1.165, 1.54) is 0 Å². The van der Waals surface area contributed by atoms with Crippen LogP contribution in [-0.4, -0.2) is 39.0 Å². The minimum atomic E-state index is -0.0744. The number of aryl methyl sites for hydroxylation is 1. The molecule has 0 spiro atoms. The second-order valence-electron chi connectivity index (χ2n) is 6.65. The first-order valence-electron chi connectivity index (χ1n) is 8.72. The van der Waals surface area contributed by atoms with Crippen LogP contribution in [0.2, 0.25) is 0 Å². The van der Waals surface area contributed by atoms with Crippen LogP contribution in [0.4, 0.5) is 0 Å². The zero-order valence-electron chi connectivity index (χ0n) is 14.2. The Morgan fingerprint density at radius 3 is 3.00 bits per heavy atom. The van der Waals surface area contributed by atoms with Crippen LogP contribution in [0.5, 0.6) is 0 Å². The molecular formula is C17H22N4O2S2. The van der Waals surface area contributed by atoms with Crippen molar-refractivity contribution < 1.29 is 9.53 Å². The second-order valence-corrected chi connectivity index (χ2v) is 9.06. The summed E-state index contributed by atoms with van der Waals surface area (Å²) >= 11 is 3.61. The van der Waals surface area contributed by atoms with Crippen molar-refractivity contribution in [1.29, 1.82) is 0 Å². The highest BCUT2D eigenvalue weighted by Crippen LogP contribution is 2.35. The summed E-state index contributed by atoms with van der Waals surface area (Å²) in [6.07, 6.45) is 5.04. The Hall–Kier alpha value is -1.38. The first-order valence-corrected chi connectivity index (χ1v) is 10.5. The van der Waals surface area contributed by atoms with Crippen molar-refractivity contribution in [1.82, 2.24) is 20.5 Å². The molecule has 4 rings (SSSR count). The number of fused-ring (bicyclic) bond motifs is 1. The Morgan fingerprint density at radius 2 is 2.24 bits per heavy atom. The number of aromatic amines is 1. The molecule has 2 aromatic rings. The van der Waals surface area contributed by atoms with E-state index in [9.17, 15) is 4.79 Å². The third kappa shape index (κ3) is 3.91. The fourth-order valence-corrected chi connectivity index (χ4v) is 5.69. The lowest BCUT2D eigenvalue weighted by molar-refractivity contribution is 0.0902. The first-order chi connectivity index (χ1) is 12.2. The Morgan fingerprint density at radius 1 is 1.40 bits per heavy atom. The van der Waals surface area contributed by atoms with Crippen LogP contribution in [0, 0.1) is 6.92 Å². The van der Waals surface area contributed by atoms with Crippen LogP contribution in [0.25, 0.3) is 0 Å². The maximum atomic E-state index is 12.6. The molecule has 2 aromatic heterocycles. The Labute approximate surface area is 155 Å². The molecule has 2 aliphatic rings. The van der Waals surface area contributed by atoms with Crippen molar-refractivity contribution in [2.75, 3.05) is 6.61 Å². The maximum absolute atomic E-state index is 12.6. The molecule has 0 aromatic carbocycles. The van der Waals surface area contributed by atoms with E-state index in [-0.39, 0.29) is 11.9 Å². The zero-order chi connectivity index (χ0) is 17.2. The molecule has 1 saturated carbocycles. The number of carbonyl (C=O) groups excluding carboxylic acids is 1. The molecule has 2 N–H and O–H groups in total. The normalized spacial score (nSPS) is 23.2. The summed E-state index contributed by atoms with van der Waals surface area (Å²) in [4.78, 5) is 17.1. The average molecular weight is 379 g/mol. The van der Waals surface area contributed by atoms with Gasteiger partial charge in [0.05, 0.1) is 13.2 Å². The van der Waals surface area contributed by atoms with Gasteiger partial charge in [0.2, 0.25) is 0 Å². The fourth-order valence-electron chi connectivity index (χ4n) is 3.41. The molecule has 134 valence electrons. The summed E-state index contributed by atoms with van der Waals surface area (Å²) in [7, 11) is 0. The van der Waals surface area contributed by atoms with E-state index in [0.29, 0.717) is 24.2 Å². The molecule has 1 aliphatic carbocycles. The second kappa shape index (κ2) is 7.47. The molecule has 0 radical (unpaired) electrons. The van der Waals surface area contributed by atoms with Crippen LogP contribution in [0.15, 0.2) is 9.72 Å². The first kappa shape index (κ1) is 17.1. The van der Waals surface area contributed by atoms with Gasteiger partial charge in [-0.2, -0.15) is 5.10 Å². The third-order valence-corrected chi connectivity index (χ3v) is 7.21. The third-order valence-electron chi connectivity index (χ3n) is 4.79. The average Bonchev–Trinajstić information content (AvgIpc) is 3.23. The van der Waals surface area contributed by atoms with E-state index in [4.69, 9.17) is 4.74 Å². The fraction of sp³-hybridized carbons (Fsp3) is 0.588. The van der Waals surface area contributed by atoms with Crippen molar-refractivity contribution in [3.8, 4) is 0 Å². The zero-order valence-corrected chi connectivity index (χ0v) is 15.8. The Kier molecular flexibility index (Phi) is 5.10. The van der Waals surface area contributed by atoms with Crippen LogP contribution in [0.3, 0.4) is 0 Å². The van der Waals surface area contributed by atoms with Gasteiger partial charge in [-0.05, 0) is 32.6 Å². The highest BCUT2D eigenvalue weighted by molar-refractivity contribution is 8.01. The summed E-state index contributed by atoms with van der Waals surface area (Å²) in [6.45, 7) is 3.20. The summed E-state index contributed by atoms with van der Waals surface area (Å²) in [6, 6.07) is 0.235. The van der Waals surface area contributed by atoms with Gasteiger partial charge in [0.1, 0.15) is 4.34 Å². The molecule has 0 saturated heterocycles. The molecule has 1 aliphatic heterocycles. The highest BCUT2D eigenvalue weighted by Gasteiger charge is 2.27. The topological polar surface area (TPSA) is 79.9 Å². The molecule has 0 atom stereocenters. The molecular weight excluding hydrogens is 356 g/mol. The van der Waals surface area contributed by atoms with Crippen molar-refractivity contribution >= 4 is 29.0 Å². The number of rotatable bonds is 4. The predicted molar refractivity (Wildman–Crippen MR) is 98.2 cm³/mol. The van der Waals surface area contributed by atoms with Gasteiger partial charge >= 0.3 is 0 Å². The van der Waals surface area contributed by atoms with Crippen molar-refractivity contribution in [2.45, 2.75) is 61.3 Å². The molecule has 8 heteroatoms. The van der Waals surface area contributed by atoms with Crippen LogP contribution < -0.4 is 5.32 Å². The van der Waals surface area contributed by atoms with Gasteiger partial charge in [0, 0.05) is 40.0 Å². The number of nitrogens with one attached hydrogen (secondary N) is 2. The summed E-state index contributed by atoms with van der Waals surface area (Å²) in [5.41, 5.74) is 3.56. The van der Waals surface area contributed by atoms with E-state index in [2.05, 4.69) is 25.9 Å². The summed E-state index contributed by atoms with van der Waals surface area (Å²) in [5, 5.41) is 13.1. The molecule has 6 nitrogen and oxygen atoms in total. The number of H-pyrrole nitrogens is 1. The van der Waals surface area contributed by atoms with E-state index in [1.54, 1.807) is 11.3 Å². The highest BCUT2D eigenvalue weighted by atomic mass is 32.2. The lowest BCUT2D eigenvalue weighted by Gasteiger charge is -2.28. The molecule has 3 heterocycles. The lowest BCUT2D eigenvalue weighted by atomic mass is 9.95. The number of carbonyl (C=O) groups is 1. The smallest absolute Gasteiger partial charge is 0.272 e. The van der Waals surface area contributed by atoms with Crippen molar-refractivity contribution in [3.05, 3.63) is 28.0 Å². The molecule has 0 unspecified atom stereocenters. The number of aromatic nitrogens is 3. The van der Waals surface area contributed by atoms with Crippen LogP contribution in [-0.2, 0) is 17.8 Å². The van der Waals surface area contributed by atoms with Gasteiger partial charge in [0.25, 0.3) is 5.91 Å². The number of thiazole rings is 1. The van der Waals surface area contributed by atoms with Gasteiger partial charge in [-0.3, -0.25) is 9.89 Å². The Balaban J connectivity index is 1.29. The minimum absolute atomic E-state index is 0.0744. The number of nitrogens with zero attached hydrogens (tertiary/aromatic N) is 2. The quantitative estimate of drug-likeness (QED) is 0.855. The number of ether oxygens (including phenoxy) is 1. The van der Waals surface area contributed by atoms with Crippen molar-refractivity contribution in [3.63, 3.8) is 0 Å². The van der Waals surface area contributed by atoms with Gasteiger partial charge in [-0.15, -0.1) is 11.3 Å². The molecule has 25 heavy (non-hydrogen) atoms. The van der Waals surface area contributed by atoms with Gasteiger partial charge in [-0.1, -0.05) is 11.8 Å². The van der Waals surface area contributed by atoms with E-state index in [0.717, 1.165) is 53.4 Å². The van der Waals surface area contributed by atoms with E-state index in [1.807, 2.05) is 18.7 Å². The van der Waals surface area contributed by atoms with Crippen molar-refractivity contribution in [2.24, 2.45) is 0 Å². The minimum Gasteiger partial charge on any atom is -0.376 e. The predicted octanol–water partition coefficient (Wildman–Crippen LogP) is 3.08. The van der Waals surface area contributed by atoms with Gasteiger partial charge in [0.15, 0.2) is 5.69 Å². The largest absolute Gasteiger partial charge is 0.376 e. The maximum Gasteiger partial charge on any atom is 0.272 e. The van der Waals surface area contributed by atoms with Crippen LogP contribution in [0.1, 0.15) is 53.1 Å². The number of hydrogen-bond donors (Lipinski definition) is 2. The molecule has 1 fully saturated rings. The van der Waals surface area contributed by atoms with Crippen LogP contribution >= 0.6 is 23.1 Å². The molecule has 1 amide bonds. The lowest BCUT2D eigenvalue weighted by Crippen LogP contribution is -2.38. The Bertz CT molecular complexity index is 750. The number of hydrogen-bond acceptors (Lipinski definition) is 6. The summed E-state index contributed by atoms with van der Waals surface area (Å²) < 4.78 is 6.62. The van der Waals surface area contributed by atoms with Gasteiger partial charge < -0.3 is 10.1 Å². The SMILES string of the molecule is Cc1csc(SC2CCC(NC(=O)c3n[nH]c4c3COCC4)CC2)n1. The van der Waals surface area contributed by atoms with E-state index < -0.39 is 0 Å². The summed E-state index contributed by atoms with van der Waals surface area (Å²) in [5.74, 6) is -0.0744. The van der Waals surface area contributed by atoms with E-state index >= 15 is 0 Å². The number of thioether (sulfide) groups is 1.